The number of rotatable bonds is 5. The number of hydrogen-bond acceptors (Lipinski definition) is 5. The third-order valence-electron chi connectivity index (χ3n) is 4.82. The highest BCUT2D eigenvalue weighted by Crippen LogP contribution is 2.37. The molecule has 8 nitrogen and oxygen atoms in total. The van der Waals surface area contributed by atoms with Gasteiger partial charge >= 0.3 is 6.18 Å². The predicted octanol–water partition coefficient (Wildman–Crippen LogP) is 0.369. The summed E-state index contributed by atoms with van der Waals surface area (Å²) in [7, 11) is 0. The van der Waals surface area contributed by atoms with Crippen LogP contribution in [0.2, 0.25) is 0 Å². The average molecular weight is 360 g/mol. The van der Waals surface area contributed by atoms with E-state index in [2.05, 4.69) is 20.8 Å². The molecule has 3 atom stereocenters. The quantitative estimate of drug-likeness (QED) is 0.819. The highest BCUT2D eigenvalue weighted by Gasteiger charge is 2.44. The number of fused-ring (bicyclic) bond motifs is 2. The Kier molecular flexibility index (Phi) is 4.91. The van der Waals surface area contributed by atoms with Crippen molar-refractivity contribution in [3.8, 4) is 0 Å². The number of likely N-dealkylation sites (tertiary alicyclic amines) is 1. The lowest BCUT2D eigenvalue weighted by molar-refractivity contribution is -0.154. The Morgan fingerprint density at radius 1 is 1.20 bits per heavy atom. The zero-order valence-electron chi connectivity index (χ0n) is 13.4. The van der Waals surface area contributed by atoms with Crippen molar-refractivity contribution in [2.45, 2.75) is 44.4 Å². The van der Waals surface area contributed by atoms with Crippen molar-refractivity contribution in [3.63, 3.8) is 0 Å². The molecule has 1 aromatic heterocycles. The van der Waals surface area contributed by atoms with Gasteiger partial charge in [0, 0.05) is 25.6 Å². The Morgan fingerprint density at radius 3 is 2.44 bits per heavy atom. The number of carbonyl (C=O) groups is 2. The fourth-order valence-electron chi connectivity index (χ4n) is 3.73. The first-order chi connectivity index (χ1) is 11.8. The van der Waals surface area contributed by atoms with Gasteiger partial charge in [0.2, 0.25) is 11.8 Å². The SMILES string of the molecule is O=C(CC(F)(F)F)NC1[C@@H]2CC[C@H]1CN(C(=O)CCn1cnnn1)C2. The van der Waals surface area contributed by atoms with E-state index in [4.69, 9.17) is 0 Å². The summed E-state index contributed by atoms with van der Waals surface area (Å²) in [4.78, 5) is 25.6. The maximum absolute atomic E-state index is 12.3. The first kappa shape index (κ1) is 17.6. The minimum absolute atomic E-state index is 0.00733. The molecule has 0 aromatic carbocycles. The molecule has 2 fully saturated rings. The Balaban J connectivity index is 1.51. The molecule has 1 aromatic rings. The van der Waals surface area contributed by atoms with Crippen LogP contribution in [0.4, 0.5) is 13.2 Å². The average Bonchev–Trinajstić information content (AvgIpc) is 3.09. The second-order valence-electron chi connectivity index (χ2n) is 6.60. The van der Waals surface area contributed by atoms with Crippen LogP contribution in [0, 0.1) is 11.8 Å². The molecular weight excluding hydrogens is 341 g/mol. The predicted molar refractivity (Wildman–Crippen MR) is 77.8 cm³/mol. The summed E-state index contributed by atoms with van der Waals surface area (Å²) in [6, 6.07) is -0.279. The summed E-state index contributed by atoms with van der Waals surface area (Å²) < 4.78 is 38.4. The number of alkyl halides is 3. The molecule has 25 heavy (non-hydrogen) atoms. The second-order valence-corrected chi connectivity index (χ2v) is 6.60. The fraction of sp³-hybridized carbons (Fsp3) is 0.786. The van der Waals surface area contributed by atoms with Crippen molar-refractivity contribution in [1.29, 1.82) is 0 Å². The van der Waals surface area contributed by atoms with Crippen molar-refractivity contribution < 1.29 is 22.8 Å². The molecule has 2 aliphatic rings. The first-order valence-electron chi connectivity index (χ1n) is 8.16. The van der Waals surface area contributed by atoms with Gasteiger partial charge in [-0.1, -0.05) is 0 Å². The smallest absolute Gasteiger partial charge is 0.352 e. The molecule has 0 spiro atoms. The van der Waals surface area contributed by atoms with E-state index in [1.165, 1.54) is 11.0 Å². The Morgan fingerprint density at radius 2 is 1.88 bits per heavy atom. The van der Waals surface area contributed by atoms with Crippen LogP contribution in [-0.2, 0) is 16.1 Å². The normalized spacial score (nSPS) is 25.9. The Labute approximate surface area is 141 Å². The van der Waals surface area contributed by atoms with E-state index in [1.54, 1.807) is 4.90 Å². The van der Waals surface area contributed by atoms with Gasteiger partial charge in [0.15, 0.2) is 0 Å². The largest absolute Gasteiger partial charge is 0.397 e. The number of nitrogens with zero attached hydrogens (tertiary/aromatic N) is 5. The van der Waals surface area contributed by atoms with Crippen molar-refractivity contribution in [1.82, 2.24) is 30.4 Å². The lowest BCUT2D eigenvalue weighted by Gasteiger charge is -2.38. The van der Waals surface area contributed by atoms with Crippen LogP contribution in [0.3, 0.4) is 0 Å². The van der Waals surface area contributed by atoms with E-state index in [1.807, 2.05) is 0 Å². The summed E-state index contributed by atoms with van der Waals surface area (Å²) in [5, 5.41) is 13.2. The minimum atomic E-state index is -4.50. The van der Waals surface area contributed by atoms with Crippen LogP contribution in [-0.4, -0.2) is 62.2 Å². The van der Waals surface area contributed by atoms with Crippen LogP contribution in [0.5, 0.6) is 0 Å². The van der Waals surface area contributed by atoms with Gasteiger partial charge in [-0.25, -0.2) is 4.68 Å². The van der Waals surface area contributed by atoms with Crippen LogP contribution in [0.1, 0.15) is 25.7 Å². The van der Waals surface area contributed by atoms with Gasteiger partial charge in [-0.3, -0.25) is 9.59 Å². The molecule has 1 saturated carbocycles. The van der Waals surface area contributed by atoms with Crippen molar-refractivity contribution in [2.24, 2.45) is 11.8 Å². The van der Waals surface area contributed by atoms with E-state index in [9.17, 15) is 22.8 Å². The summed E-state index contributed by atoms with van der Waals surface area (Å²) in [5.41, 5.74) is 0. The highest BCUT2D eigenvalue weighted by atomic mass is 19.4. The van der Waals surface area contributed by atoms with Crippen molar-refractivity contribution >= 4 is 11.8 Å². The topological polar surface area (TPSA) is 93.0 Å². The number of nitrogens with one attached hydrogen (secondary N) is 1. The van der Waals surface area contributed by atoms with E-state index >= 15 is 0 Å². The Bertz CT molecular complexity index is 607. The van der Waals surface area contributed by atoms with E-state index in [0.29, 0.717) is 19.6 Å². The zero-order chi connectivity index (χ0) is 18.0. The fourth-order valence-corrected chi connectivity index (χ4v) is 3.73. The number of piperidine rings is 1. The highest BCUT2D eigenvalue weighted by molar-refractivity contribution is 5.78. The molecule has 2 bridgehead atoms. The van der Waals surface area contributed by atoms with Gasteiger partial charge in [-0.05, 0) is 35.1 Å². The lowest BCUT2D eigenvalue weighted by atomic mass is 9.91. The molecule has 2 heterocycles. The third-order valence-corrected chi connectivity index (χ3v) is 4.82. The summed E-state index contributed by atoms with van der Waals surface area (Å²) in [6.07, 6.45) is -2.67. The van der Waals surface area contributed by atoms with Crippen LogP contribution < -0.4 is 5.32 Å². The minimum Gasteiger partial charge on any atom is -0.352 e. The van der Waals surface area contributed by atoms with Gasteiger partial charge in [0.25, 0.3) is 0 Å². The second kappa shape index (κ2) is 6.96. The molecular formula is C14H19F3N6O2. The van der Waals surface area contributed by atoms with E-state index in [0.717, 1.165) is 12.8 Å². The maximum Gasteiger partial charge on any atom is 0.397 e. The third kappa shape index (κ3) is 4.45. The zero-order valence-corrected chi connectivity index (χ0v) is 13.4. The Hall–Kier alpha value is -2.20. The van der Waals surface area contributed by atoms with Gasteiger partial charge in [-0.15, -0.1) is 5.10 Å². The first-order valence-corrected chi connectivity index (χ1v) is 8.16. The molecule has 138 valence electrons. The maximum atomic E-state index is 12.3. The number of aryl methyl sites for hydroxylation is 1. The number of hydrogen-bond donors (Lipinski definition) is 1. The molecule has 0 radical (unpaired) electrons. The standard InChI is InChI=1S/C14H19F3N6O2/c15-14(16,17)5-11(24)19-13-9-1-2-10(13)7-22(6-9)12(25)3-4-23-8-18-20-21-23/h8-10,13H,1-7H2,(H,19,24)/t9-,10+,13?. The van der Waals surface area contributed by atoms with Gasteiger partial charge < -0.3 is 10.2 Å². The van der Waals surface area contributed by atoms with Crippen molar-refractivity contribution in [3.05, 3.63) is 6.33 Å². The molecule has 1 saturated heterocycles. The van der Waals surface area contributed by atoms with E-state index in [-0.39, 0.29) is 30.2 Å². The van der Waals surface area contributed by atoms with Crippen molar-refractivity contribution in [2.75, 3.05) is 13.1 Å². The summed E-state index contributed by atoms with van der Waals surface area (Å²) in [5.74, 6) is -1.01. The molecule has 1 N–H and O–H groups in total. The summed E-state index contributed by atoms with van der Waals surface area (Å²) in [6.45, 7) is 1.30. The number of carbonyl (C=O) groups excluding carboxylic acids is 2. The molecule has 1 aliphatic heterocycles. The number of aromatic nitrogens is 4. The van der Waals surface area contributed by atoms with Crippen LogP contribution in [0.25, 0.3) is 0 Å². The van der Waals surface area contributed by atoms with E-state index < -0.39 is 18.5 Å². The number of amides is 2. The molecule has 1 unspecified atom stereocenters. The van der Waals surface area contributed by atoms with Crippen LogP contribution in [0.15, 0.2) is 6.33 Å². The lowest BCUT2D eigenvalue weighted by Crippen LogP contribution is -2.54. The van der Waals surface area contributed by atoms with Gasteiger partial charge in [0.1, 0.15) is 12.7 Å². The monoisotopic (exact) mass is 360 g/mol. The van der Waals surface area contributed by atoms with Gasteiger partial charge in [0.05, 0.1) is 6.54 Å². The molecule has 3 rings (SSSR count). The number of tetrazole rings is 1. The van der Waals surface area contributed by atoms with Gasteiger partial charge in [-0.2, -0.15) is 13.2 Å². The number of halogens is 3. The molecule has 1 aliphatic carbocycles. The van der Waals surface area contributed by atoms with Crippen LogP contribution >= 0.6 is 0 Å². The molecule has 2 amide bonds. The molecule has 11 heteroatoms. The summed E-state index contributed by atoms with van der Waals surface area (Å²) >= 11 is 0.